The number of sulfone groups is 1. The van der Waals surface area contributed by atoms with Crippen molar-refractivity contribution in [3.05, 3.63) is 28.2 Å². The Kier molecular flexibility index (Phi) is 5.68. The number of benzene rings is 1. The van der Waals surface area contributed by atoms with Gasteiger partial charge in [0.15, 0.2) is 9.84 Å². The molecule has 1 heterocycles. The minimum atomic E-state index is -2.85. The molecular formula is C15H23BrN2O2S. The van der Waals surface area contributed by atoms with Crippen molar-refractivity contribution in [3.63, 3.8) is 0 Å². The fraction of sp³-hybridized carbons (Fsp3) is 0.600. The lowest BCUT2D eigenvalue weighted by molar-refractivity contribution is 0.601. The van der Waals surface area contributed by atoms with E-state index in [1.807, 2.05) is 7.05 Å². The molecule has 2 rings (SSSR count). The average Bonchev–Trinajstić information content (AvgIpc) is 2.79. The van der Waals surface area contributed by atoms with E-state index < -0.39 is 9.84 Å². The van der Waals surface area contributed by atoms with Crippen molar-refractivity contribution in [3.8, 4) is 0 Å². The molecule has 0 radical (unpaired) electrons. The minimum Gasteiger partial charge on any atom is -0.370 e. The Balaban J connectivity index is 2.06. The zero-order chi connectivity index (χ0) is 15.5. The first-order valence-corrected chi connectivity index (χ1v) is 9.97. The van der Waals surface area contributed by atoms with Crippen LogP contribution in [0.4, 0.5) is 5.69 Å². The Hall–Kier alpha value is -0.590. The van der Waals surface area contributed by atoms with E-state index in [0.717, 1.165) is 29.7 Å². The number of hydrogen-bond donors (Lipinski definition) is 1. The van der Waals surface area contributed by atoms with Gasteiger partial charge in [-0.05, 0) is 53.0 Å². The number of hydrogen-bond acceptors (Lipinski definition) is 4. The molecule has 0 bridgehead atoms. The van der Waals surface area contributed by atoms with Crippen LogP contribution in [-0.4, -0.2) is 39.6 Å². The van der Waals surface area contributed by atoms with Crippen LogP contribution in [0.3, 0.4) is 0 Å². The first kappa shape index (κ1) is 16.8. The number of nitrogens with zero attached hydrogens (tertiary/aromatic N) is 1. The van der Waals surface area contributed by atoms with E-state index in [0.29, 0.717) is 12.2 Å². The molecule has 0 spiro atoms. The molecular weight excluding hydrogens is 352 g/mol. The average molecular weight is 375 g/mol. The van der Waals surface area contributed by atoms with Gasteiger partial charge in [0.25, 0.3) is 0 Å². The van der Waals surface area contributed by atoms with Gasteiger partial charge in [0.2, 0.25) is 0 Å². The third-order valence-corrected chi connectivity index (χ3v) is 6.29. The monoisotopic (exact) mass is 374 g/mol. The summed E-state index contributed by atoms with van der Waals surface area (Å²) < 4.78 is 24.3. The van der Waals surface area contributed by atoms with Gasteiger partial charge >= 0.3 is 0 Å². The predicted octanol–water partition coefficient (Wildman–Crippen LogP) is 2.57. The van der Waals surface area contributed by atoms with Crippen LogP contribution in [0.25, 0.3) is 0 Å². The standard InChI is InChI=1S/C15H23BrN2O2S/c1-3-7-17-10-12-4-5-15(14(16)9-12)18(2)13-6-8-21(19,20)11-13/h4-5,9,13,17H,3,6-8,10-11H2,1-2H3. The zero-order valence-electron chi connectivity index (χ0n) is 12.6. The summed E-state index contributed by atoms with van der Waals surface area (Å²) in [6, 6.07) is 6.36. The van der Waals surface area contributed by atoms with E-state index >= 15 is 0 Å². The molecule has 1 aliphatic rings. The number of nitrogens with one attached hydrogen (secondary N) is 1. The molecule has 4 nitrogen and oxygen atoms in total. The van der Waals surface area contributed by atoms with Gasteiger partial charge in [-0.15, -0.1) is 0 Å². The van der Waals surface area contributed by atoms with Gasteiger partial charge in [-0.25, -0.2) is 8.42 Å². The number of rotatable bonds is 6. The molecule has 1 saturated heterocycles. The topological polar surface area (TPSA) is 49.4 Å². The molecule has 1 aliphatic heterocycles. The molecule has 1 unspecified atom stereocenters. The van der Waals surface area contributed by atoms with Crippen LogP contribution in [0.15, 0.2) is 22.7 Å². The van der Waals surface area contributed by atoms with E-state index in [1.54, 1.807) is 0 Å². The second kappa shape index (κ2) is 7.11. The first-order valence-electron chi connectivity index (χ1n) is 7.35. The minimum absolute atomic E-state index is 0.0790. The van der Waals surface area contributed by atoms with E-state index in [4.69, 9.17) is 0 Å². The summed E-state index contributed by atoms with van der Waals surface area (Å²) in [5.74, 6) is 0.564. The van der Waals surface area contributed by atoms with Crippen LogP contribution in [0.5, 0.6) is 0 Å². The summed E-state index contributed by atoms with van der Waals surface area (Å²) in [5.41, 5.74) is 2.28. The van der Waals surface area contributed by atoms with Gasteiger partial charge in [0, 0.05) is 24.1 Å². The lowest BCUT2D eigenvalue weighted by atomic mass is 10.1. The molecule has 0 amide bonds. The maximum Gasteiger partial charge on any atom is 0.152 e. The summed E-state index contributed by atoms with van der Waals surface area (Å²) in [4.78, 5) is 2.08. The number of anilines is 1. The number of halogens is 1. The highest BCUT2D eigenvalue weighted by Crippen LogP contribution is 2.30. The van der Waals surface area contributed by atoms with Crippen molar-refractivity contribution in [2.75, 3.05) is 30.0 Å². The van der Waals surface area contributed by atoms with Crippen molar-refractivity contribution in [2.24, 2.45) is 0 Å². The highest BCUT2D eigenvalue weighted by atomic mass is 79.9. The van der Waals surface area contributed by atoms with Crippen LogP contribution in [-0.2, 0) is 16.4 Å². The normalized spacial score (nSPS) is 20.6. The highest BCUT2D eigenvalue weighted by Gasteiger charge is 2.31. The Morgan fingerprint density at radius 3 is 2.76 bits per heavy atom. The Morgan fingerprint density at radius 2 is 2.19 bits per heavy atom. The molecule has 1 atom stereocenters. The Labute approximate surface area is 136 Å². The van der Waals surface area contributed by atoms with Gasteiger partial charge in [-0.1, -0.05) is 13.0 Å². The van der Waals surface area contributed by atoms with Gasteiger partial charge < -0.3 is 10.2 Å². The van der Waals surface area contributed by atoms with Crippen LogP contribution in [0.1, 0.15) is 25.3 Å². The molecule has 1 aromatic rings. The second-order valence-corrected chi connectivity index (χ2v) is 8.71. The largest absolute Gasteiger partial charge is 0.370 e. The first-order chi connectivity index (χ1) is 9.93. The predicted molar refractivity (Wildman–Crippen MR) is 91.6 cm³/mol. The molecule has 118 valence electrons. The van der Waals surface area contributed by atoms with Crippen LogP contribution >= 0.6 is 15.9 Å². The summed E-state index contributed by atoms with van der Waals surface area (Å²) in [6.07, 6.45) is 1.84. The Morgan fingerprint density at radius 1 is 1.43 bits per heavy atom. The highest BCUT2D eigenvalue weighted by molar-refractivity contribution is 9.10. The Bertz CT molecular complexity index is 589. The third-order valence-electron chi connectivity index (χ3n) is 3.90. The lowest BCUT2D eigenvalue weighted by Gasteiger charge is -2.27. The maximum atomic E-state index is 11.6. The fourth-order valence-corrected chi connectivity index (χ4v) is 5.11. The van der Waals surface area contributed by atoms with Crippen LogP contribution in [0.2, 0.25) is 0 Å². The molecule has 0 saturated carbocycles. The van der Waals surface area contributed by atoms with E-state index in [-0.39, 0.29) is 11.8 Å². The van der Waals surface area contributed by atoms with Gasteiger partial charge in [-0.2, -0.15) is 0 Å². The molecule has 0 aliphatic carbocycles. The third kappa shape index (κ3) is 4.44. The molecule has 21 heavy (non-hydrogen) atoms. The van der Waals surface area contributed by atoms with Crippen LogP contribution in [0, 0.1) is 0 Å². The molecule has 0 aromatic heterocycles. The van der Waals surface area contributed by atoms with Crippen molar-refractivity contribution < 1.29 is 8.42 Å². The zero-order valence-corrected chi connectivity index (χ0v) is 15.0. The SMILES string of the molecule is CCCNCc1ccc(N(C)C2CCS(=O)(=O)C2)c(Br)c1. The van der Waals surface area contributed by atoms with E-state index in [2.05, 4.69) is 51.3 Å². The fourth-order valence-electron chi connectivity index (χ4n) is 2.63. The summed E-state index contributed by atoms with van der Waals surface area (Å²) in [6.45, 7) is 4.02. The molecule has 1 N–H and O–H groups in total. The van der Waals surface area contributed by atoms with E-state index in [1.165, 1.54) is 5.56 Å². The quantitative estimate of drug-likeness (QED) is 0.777. The van der Waals surface area contributed by atoms with Crippen molar-refractivity contribution in [2.45, 2.75) is 32.4 Å². The van der Waals surface area contributed by atoms with Crippen molar-refractivity contribution >= 4 is 31.5 Å². The molecule has 1 aromatic carbocycles. The van der Waals surface area contributed by atoms with Gasteiger partial charge in [0.1, 0.15) is 0 Å². The summed E-state index contributed by atoms with van der Waals surface area (Å²) >= 11 is 3.61. The smallest absolute Gasteiger partial charge is 0.152 e. The molecule has 6 heteroatoms. The summed E-state index contributed by atoms with van der Waals surface area (Å²) in [5, 5.41) is 3.38. The summed E-state index contributed by atoms with van der Waals surface area (Å²) in [7, 11) is -0.879. The van der Waals surface area contributed by atoms with Crippen molar-refractivity contribution in [1.82, 2.24) is 5.32 Å². The van der Waals surface area contributed by atoms with Crippen molar-refractivity contribution in [1.29, 1.82) is 0 Å². The van der Waals surface area contributed by atoms with Crippen LogP contribution < -0.4 is 10.2 Å². The van der Waals surface area contributed by atoms with Gasteiger partial charge in [-0.3, -0.25) is 0 Å². The maximum absolute atomic E-state index is 11.6. The molecule has 1 fully saturated rings. The second-order valence-electron chi connectivity index (χ2n) is 5.63. The van der Waals surface area contributed by atoms with Gasteiger partial charge in [0.05, 0.1) is 17.2 Å². The van der Waals surface area contributed by atoms with E-state index in [9.17, 15) is 8.42 Å². The lowest BCUT2D eigenvalue weighted by Crippen LogP contribution is -2.32.